The van der Waals surface area contributed by atoms with E-state index in [-0.39, 0.29) is 40.2 Å². The quantitative estimate of drug-likeness (QED) is 0.395. The lowest BCUT2D eigenvalue weighted by Gasteiger charge is -2.32. The van der Waals surface area contributed by atoms with Crippen LogP contribution in [-0.4, -0.2) is 41.6 Å². The molecule has 2 amide bonds. The Hall–Kier alpha value is -3.63. The minimum Gasteiger partial charge on any atom is -0.497 e. The molecule has 0 radical (unpaired) electrons. The predicted octanol–water partition coefficient (Wildman–Crippen LogP) is 5.39. The number of nitrogens with one attached hydrogen (secondary N) is 1. The van der Waals surface area contributed by atoms with Crippen LogP contribution in [-0.2, 0) is 10.4 Å². The largest absolute Gasteiger partial charge is 0.497 e. The zero-order valence-electron chi connectivity index (χ0n) is 21.5. The first kappa shape index (κ1) is 27.9. The molecule has 2 N–H and O–H groups in total. The number of hydrogen-bond acceptors (Lipinski definition) is 5. The van der Waals surface area contributed by atoms with Gasteiger partial charge in [0, 0.05) is 29.9 Å². The third-order valence-corrected chi connectivity index (χ3v) is 7.87. The summed E-state index contributed by atoms with van der Waals surface area (Å²) in [6, 6.07) is 11.5. The van der Waals surface area contributed by atoms with Gasteiger partial charge in [0.05, 0.1) is 23.4 Å². The number of fused-ring (bicyclic) bond motifs is 1. The maximum atomic E-state index is 14.8. The number of alkyl halides is 2. The lowest BCUT2D eigenvalue weighted by atomic mass is 9.85. The van der Waals surface area contributed by atoms with Gasteiger partial charge in [-0.25, -0.2) is 13.2 Å². The second kappa shape index (κ2) is 11.1. The number of ether oxygens (including phenoxy) is 1. The number of rotatable bonds is 7. The topological polar surface area (TPSA) is 91.8 Å². The van der Waals surface area contributed by atoms with E-state index in [1.165, 1.54) is 36.3 Å². The minimum absolute atomic E-state index is 0.0273. The van der Waals surface area contributed by atoms with Gasteiger partial charge >= 0.3 is 0 Å². The molecule has 1 aromatic heterocycles. The standard InChI is InChI=1S/C29H27ClF3N3O4/c1-40-19-10-11-24-22(13-19)29(39,21-4-2-3-5-23(21)31)28(38)36(24)15-16-6-8-18(9-7-16)35-27(37)20-12-17(30)14-34-25(20)26(32)33/h2-5,10-14,16,18,26,39H,6-9,15H2,1H3,(H,35,37). The van der Waals surface area contributed by atoms with Crippen molar-refractivity contribution in [3.05, 3.63) is 88.0 Å². The Morgan fingerprint density at radius 2 is 1.90 bits per heavy atom. The Morgan fingerprint density at radius 3 is 2.58 bits per heavy atom. The van der Waals surface area contributed by atoms with E-state index in [0.717, 1.165) is 6.20 Å². The molecule has 2 heterocycles. The molecule has 2 aromatic carbocycles. The van der Waals surface area contributed by atoms with Crippen molar-refractivity contribution in [3.8, 4) is 5.75 Å². The molecule has 5 rings (SSSR count). The van der Waals surface area contributed by atoms with Crippen molar-refractivity contribution in [2.45, 2.75) is 43.8 Å². The summed E-state index contributed by atoms with van der Waals surface area (Å²) in [6.07, 6.45) is 0.540. The third-order valence-electron chi connectivity index (χ3n) is 7.66. The highest BCUT2D eigenvalue weighted by atomic mass is 35.5. The van der Waals surface area contributed by atoms with Crippen LogP contribution in [0.25, 0.3) is 0 Å². The Labute approximate surface area is 233 Å². The first-order valence-electron chi connectivity index (χ1n) is 12.9. The summed E-state index contributed by atoms with van der Waals surface area (Å²) in [5.41, 5.74) is -2.52. The average Bonchev–Trinajstić information content (AvgIpc) is 3.15. The minimum atomic E-state index is -2.92. The molecule has 0 spiro atoms. The van der Waals surface area contributed by atoms with Crippen molar-refractivity contribution in [2.24, 2.45) is 5.92 Å². The molecule has 1 aliphatic carbocycles. The zero-order chi connectivity index (χ0) is 28.6. The summed E-state index contributed by atoms with van der Waals surface area (Å²) in [4.78, 5) is 31.6. The van der Waals surface area contributed by atoms with Crippen LogP contribution in [0.5, 0.6) is 5.75 Å². The fourth-order valence-corrected chi connectivity index (χ4v) is 5.76. The van der Waals surface area contributed by atoms with E-state index >= 15 is 0 Å². The molecule has 1 unspecified atom stereocenters. The Bertz CT molecular complexity index is 1450. The van der Waals surface area contributed by atoms with E-state index in [2.05, 4.69) is 10.3 Å². The Kier molecular flexibility index (Phi) is 7.74. The maximum absolute atomic E-state index is 14.8. The molecule has 7 nitrogen and oxygen atoms in total. The van der Waals surface area contributed by atoms with Crippen molar-refractivity contribution in [1.29, 1.82) is 0 Å². The SMILES string of the molecule is COc1ccc2c(c1)C(O)(c1ccccc1F)C(=O)N2CC1CCC(NC(=O)c2cc(Cl)cnc2C(F)F)CC1. The molecule has 1 atom stereocenters. The van der Waals surface area contributed by atoms with Crippen molar-refractivity contribution in [2.75, 3.05) is 18.6 Å². The van der Waals surface area contributed by atoms with Gasteiger partial charge < -0.3 is 20.1 Å². The first-order chi connectivity index (χ1) is 19.1. The van der Waals surface area contributed by atoms with E-state index in [9.17, 15) is 27.9 Å². The number of anilines is 1. The van der Waals surface area contributed by atoms with E-state index in [1.54, 1.807) is 24.3 Å². The normalized spacial score (nSPS) is 22.4. The number of carbonyl (C=O) groups excluding carboxylic acids is 2. The van der Waals surface area contributed by atoms with Gasteiger partial charge in [0.25, 0.3) is 18.2 Å². The van der Waals surface area contributed by atoms with Crippen LogP contribution in [0.4, 0.5) is 18.9 Å². The second-order valence-corrected chi connectivity index (χ2v) is 10.5. The van der Waals surface area contributed by atoms with E-state index in [1.807, 2.05) is 0 Å². The Balaban J connectivity index is 1.31. The van der Waals surface area contributed by atoms with E-state index < -0.39 is 35.4 Å². The number of carbonyl (C=O) groups is 2. The van der Waals surface area contributed by atoms with Gasteiger partial charge in [-0.3, -0.25) is 14.6 Å². The van der Waals surface area contributed by atoms with Gasteiger partial charge in [0.2, 0.25) is 0 Å². The number of pyridine rings is 1. The van der Waals surface area contributed by atoms with Crippen LogP contribution in [0.3, 0.4) is 0 Å². The monoisotopic (exact) mass is 573 g/mol. The van der Waals surface area contributed by atoms with Gasteiger partial charge in [0.15, 0.2) is 5.60 Å². The number of methoxy groups -OCH3 is 1. The highest BCUT2D eigenvalue weighted by molar-refractivity contribution is 6.30. The van der Waals surface area contributed by atoms with Crippen LogP contribution in [0.1, 0.15) is 59.3 Å². The van der Waals surface area contributed by atoms with Crippen LogP contribution in [0.2, 0.25) is 5.02 Å². The Morgan fingerprint density at radius 1 is 1.18 bits per heavy atom. The number of hydrogen-bond donors (Lipinski definition) is 2. The van der Waals surface area contributed by atoms with Crippen molar-refractivity contribution < 1.29 is 32.6 Å². The highest BCUT2D eigenvalue weighted by Gasteiger charge is 2.53. The van der Waals surface area contributed by atoms with Crippen LogP contribution in [0.15, 0.2) is 54.7 Å². The number of benzene rings is 2. The van der Waals surface area contributed by atoms with Gasteiger partial charge in [0.1, 0.15) is 17.3 Å². The molecule has 0 saturated heterocycles. The van der Waals surface area contributed by atoms with Crippen molar-refractivity contribution in [3.63, 3.8) is 0 Å². The van der Waals surface area contributed by atoms with Crippen molar-refractivity contribution in [1.82, 2.24) is 10.3 Å². The number of halogens is 4. The van der Waals surface area contributed by atoms with Gasteiger partial charge in [-0.05, 0) is 61.9 Å². The summed E-state index contributed by atoms with van der Waals surface area (Å²) >= 11 is 5.88. The molecule has 11 heteroatoms. The molecule has 1 fully saturated rings. The summed E-state index contributed by atoms with van der Waals surface area (Å²) in [5.74, 6) is -1.57. The van der Waals surface area contributed by atoms with Crippen LogP contribution in [0, 0.1) is 11.7 Å². The van der Waals surface area contributed by atoms with Gasteiger partial charge in [-0.1, -0.05) is 29.8 Å². The molecule has 1 saturated carbocycles. The van der Waals surface area contributed by atoms with Crippen LogP contribution < -0.4 is 15.0 Å². The highest BCUT2D eigenvalue weighted by Crippen LogP contribution is 2.47. The zero-order valence-corrected chi connectivity index (χ0v) is 22.3. The fourth-order valence-electron chi connectivity index (χ4n) is 5.60. The smallest absolute Gasteiger partial charge is 0.281 e. The maximum Gasteiger partial charge on any atom is 0.281 e. The molecule has 1 aliphatic heterocycles. The number of nitrogens with zero attached hydrogens (tertiary/aromatic N) is 2. The summed E-state index contributed by atoms with van der Waals surface area (Å²) in [5, 5.41) is 14.6. The molecule has 0 bridgehead atoms. The average molecular weight is 574 g/mol. The molecule has 3 aromatic rings. The summed E-state index contributed by atoms with van der Waals surface area (Å²) < 4.78 is 46.8. The molecule has 2 aliphatic rings. The lowest BCUT2D eigenvalue weighted by Crippen LogP contribution is -2.45. The predicted molar refractivity (Wildman–Crippen MR) is 142 cm³/mol. The summed E-state index contributed by atoms with van der Waals surface area (Å²) in [6.45, 7) is 0.281. The molecular weight excluding hydrogens is 547 g/mol. The van der Waals surface area contributed by atoms with Gasteiger partial charge in [-0.15, -0.1) is 0 Å². The van der Waals surface area contributed by atoms with Crippen molar-refractivity contribution >= 4 is 29.1 Å². The molecule has 210 valence electrons. The molecular formula is C29H27ClF3N3O4. The molecule has 40 heavy (non-hydrogen) atoms. The van der Waals surface area contributed by atoms with E-state index in [0.29, 0.717) is 37.1 Å². The second-order valence-electron chi connectivity index (χ2n) is 10.1. The number of amides is 2. The van der Waals surface area contributed by atoms with Gasteiger partial charge in [-0.2, -0.15) is 0 Å². The third kappa shape index (κ3) is 5.01. The number of aliphatic hydroxyl groups is 1. The first-order valence-corrected chi connectivity index (χ1v) is 13.2. The number of aromatic nitrogens is 1. The lowest BCUT2D eigenvalue weighted by molar-refractivity contribution is -0.132. The fraction of sp³-hybridized carbons (Fsp3) is 0.345. The van der Waals surface area contributed by atoms with Crippen LogP contribution >= 0.6 is 11.6 Å². The van der Waals surface area contributed by atoms with E-state index in [4.69, 9.17) is 16.3 Å². The summed E-state index contributed by atoms with van der Waals surface area (Å²) in [7, 11) is 1.47.